The Bertz CT molecular complexity index is 1010. The van der Waals surface area contributed by atoms with Gasteiger partial charge in [-0.3, -0.25) is 9.10 Å². The Kier molecular flexibility index (Phi) is 7.20. The lowest BCUT2D eigenvalue weighted by atomic mass is 9.99. The molecule has 0 unspecified atom stereocenters. The first-order chi connectivity index (χ1) is 14.6. The second-order valence-corrected chi connectivity index (χ2v) is 10.2. The van der Waals surface area contributed by atoms with E-state index in [4.69, 9.17) is 0 Å². The molecule has 1 aliphatic rings. The highest BCUT2D eigenvalue weighted by atomic mass is 32.2. The van der Waals surface area contributed by atoms with E-state index in [1.165, 1.54) is 36.7 Å². The molecule has 1 aliphatic heterocycles. The van der Waals surface area contributed by atoms with Crippen LogP contribution in [0.15, 0.2) is 48.5 Å². The molecule has 2 atom stereocenters. The molecule has 31 heavy (non-hydrogen) atoms. The van der Waals surface area contributed by atoms with Crippen LogP contribution in [-0.2, 0) is 14.8 Å². The molecular weight excluding hydrogens is 417 g/mol. The molecule has 3 rings (SSSR count). The van der Waals surface area contributed by atoms with E-state index in [0.29, 0.717) is 5.92 Å². The third-order valence-electron chi connectivity index (χ3n) is 5.58. The van der Waals surface area contributed by atoms with Crippen LogP contribution in [0.3, 0.4) is 0 Å². The summed E-state index contributed by atoms with van der Waals surface area (Å²) in [7, 11) is -3.75. The Morgan fingerprint density at radius 3 is 2.58 bits per heavy atom. The summed E-state index contributed by atoms with van der Waals surface area (Å²) in [6.45, 7) is 5.80. The molecule has 0 aliphatic carbocycles. The number of benzene rings is 2. The second kappa shape index (κ2) is 9.68. The summed E-state index contributed by atoms with van der Waals surface area (Å²) in [6.07, 6.45) is 3.45. The van der Waals surface area contributed by atoms with E-state index >= 15 is 0 Å². The van der Waals surface area contributed by atoms with Gasteiger partial charge in [-0.05, 0) is 61.6 Å². The van der Waals surface area contributed by atoms with Gasteiger partial charge in [0.15, 0.2) is 0 Å². The van der Waals surface area contributed by atoms with Crippen LogP contribution in [0.2, 0.25) is 0 Å². The van der Waals surface area contributed by atoms with Crippen LogP contribution in [0, 0.1) is 11.7 Å². The zero-order valence-electron chi connectivity index (χ0n) is 18.2. The fourth-order valence-corrected chi connectivity index (χ4v) is 4.78. The van der Waals surface area contributed by atoms with E-state index in [-0.39, 0.29) is 11.7 Å². The summed E-state index contributed by atoms with van der Waals surface area (Å²) in [5.41, 5.74) is 2.22. The van der Waals surface area contributed by atoms with Crippen molar-refractivity contribution >= 4 is 27.3 Å². The van der Waals surface area contributed by atoms with Gasteiger partial charge >= 0.3 is 0 Å². The number of amides is 1. The van der Waals surface area contributed by atoms with Crippen molar-refractivity contribution in [3.63, 3.8) is 0 Å². The standard InChI is InChI=1S/C23H30FN3O3S/c1-17-6-5-13-26(15-17)21-11-9-19(10-12-21)18(2)25-23(28)16-27(31(3,29)30)22-8-4-7-20(24)14-22/h4,7-12,14,17-18H,5-6,13,15-16H2,1-3H3,(H,25,28)/t17-,18-/m0/s1. The maximum absolute atomic E-state index is 13.5. The van der Waals surface area contributed by atoms with Gasteiger partial charge in [-0.25, -0.2) is 12.8 Å². The molecule has 0 spiro atoms. The van der Waals surface area contributed by atoms with Crippen LogP contribution in [0.1, 0.15) is 38.3 Å². The largest absolute Gasteiger partial charge is 0.371 e. The number of nitrogens with zero attached hydrogens (tertiary/aromatic N) is 2. The molecule has 1 saturated heterocycles. The van der Waals surface area contributed by atoms with Crippen LogP contribution in [0.25, 0.3) is 0 Å². The minimum Gasteiger partial charge on any atom is -0.371 e. The number of sulfonamides is 1. The zero-order valence-corrected chi connectivity index (χ0v) is 19.0. The van der Waals surface area contributed by atoms with Gasteiger partial charge in [0.25, 0.3) is 0 Å². The van der Waals surface area contributed by atoms with Crippen molar-refractivity contribution in [2.24, 2.45) is 5.92 Å². The van der Waals surface area contributed by atoms with Gasteiger partial charge in [0.2, 0.25) is 15.9 Å². The molecule has 6 nitrogen and oxygen atoms in total. The first-order valence-electron chi connectivity index (χ1n) is 10.5. The van der Waals surface area contributed by atoms with Gasteiger partial charge in [0.1, 0.15) is 12.4 Å². The van der Waals surface area contributed by atoms with Gasteiger partial charge in [-0.1, -0.05) is 25.1 Å². The molecule has 1 heterocycles. The quantitative estimate of drug-likeness (QED) is 0.703. The minimum absolute atomic E-state index is 0.116. The number of halogens is 1. The Morgan fingerprint density at radius 2 is 1.97 bits per heavy atom. The van der Waals surface area contributed by atoms with Gasteiger partial charge < -0.3 is 10.2 Å². The Balaban J connectivity index is 1.65. The molecule has 0 saturated carbocycles. The van der Waals surface area contributed by atoms with Crippen LogP contribution in [0.4, 0.5) is 15.8 Å². The number of piperidine rings is 1. The number of hydrogen-bond donors (Lipinski definition) is 1. The molecule has 0 bridgehead atoms. The van der Waals surface area contributed by atoms with Crippen LogP contribution in [0.5, 0.6) is 0 Å². The third kappa shape index (κ3) is 6.19. The van der Waals surface area contributed by atoms with Crippen molar-refractivity contribution < 1.29 is 17.6 Å². The molecule has 1 fully saturated rings. The lowest BCUT2D eigenvalue weighted by molar-refractivity contribution is -0.120. The van der Waals surface area contributed by atoms with Gasteiger partial charge in [-0.15, -0.1) is 0 Å². The van der Waals surface area contributed by atoms with E-state index in [9.17, 15) is 17.6 Å². The maximum atomic E-state index is 13.5. The van der Waals surface area contributed by atoms with Crippen molar-refractivity contribution in [1.29, 1.82) is 0 Å². The van der Waals surface area contributed by atoms with E-state index in [2.05, 4.69) is 29.3 Å². The van der Waals surface area contributed by atoms with Crippen molar-refractivity contribution in [2.45, 2.75) is 32.7 Å². The third-order valence-corrected chi connectivity index (χ3v) is 6.72. The van der Waals surface area contributed by atoms with Crippen LogP contribution >= 0.6 is 0 Å². The molecule has 8 heteroatoms. The minimum atomic E-state index is -3.75. The normalized spacial score (nSPS) is 17.8. The number of rotatable bonds is 7. The second-order valence-electron chi connectivity index (χ2n) is 8.32. The summed E-state index contributed by atoms with van der Waals surface area (Å²) in [6, 6.07) is 13.0. The van der Waals surface area contributed by atoms with E-state index < -0.39 is 28.3 Å². The molecule has 2 aromatic rings. The first-order valence-corrected chi connectivity index (χ1v) is 12.4. The van der Waals surface area contributed by atoms with Crippen molar-refractivity contribution in [3.8, 4) is 0 Å². The topological polar surface area (TPSA) is 69.7 Å². The molecule has 0 aromatic heterocycles. The predicted molar refractivity (Wildman–Crippen MR) is 122 cm³/mol. The van der Waals surface area contributed by atoms with Crippen molar-refractivity contribution in [1.82, 2.24) is 5.32 Å². The highest BCUT2D eigenvalue weighted by Gasteiger charge is 2.22. The average Bonchev–Trinajstić information content (AvgIpc) is 2.71. The predicted octanol–water partition coefficient (Wildman–Crippen LogP) is 3.71. The van der Waals surface area contributed by atoms with Gasteiger partial charge in [0, 0.05) is 18.8 Å². The fourth-order valence-electron chi connectivity index (χ4n) is 3.93. The van der Waals surface area contributed by atoms with Gasteiger partial charge in [0.05, 0.1) is 18.0 Å². The fraction of sp³-hybridized carbons (Fsp3) is 0.435. The molecular formula is C23H30FN3O3S. The Morgan fingerprint density at radius 1 is 1.26 bits per heavy atom. The smallest absolute Gasteiger partial charge is 0.241 e. The first kappa shape index (κ1) is 23.1. The lowest BCUT2D eigenvalue weighted by Gasteiger charge is -2.33. The van der Waals surface area contributed by atoms with E-state index in [1.807, 2.05) is 19.1 Å². The van der Waals surface area contributed by atoms with Crippen molar-refractivity contribution in [2.75, 3.05) is 35.1 Å². The number of nitrogens with one attached hydrogen (secondary N) is 1. The average molecular weight is 448 g/mol. The summed E-state index contributed by atoms with van der Waals surface area (Å²) in [5, 5.41) is 2.84. The molecule has 0 radical (unpaired) electrons. The monoisotopic (exact) mass is 447 g/mol. The summed E-state index contributed by atoms with van der Waals surface area (Å²) in [5.74, 6) is -0.346. The number of anilines is 2. The number of carbonyl (C=O) groups is 1. The Labute approximate surface area is 184 Å². The number of hydrogen-bond acceptors (Lipinski definition) is 4. The Hall–Kier alpha value is -2.61. The molecule has 1 amide bonds. The summed E-state index contributed by atoms with van der Waals surface area (Å²) >= 11 is 0. The van der Waals surface area contributed by atoms with Crippen LogP contribution in [-0.4, -0.2) is 40.2 Å². The van der Waals surface area contributed by atoms with E-state index in [0.717, 1.165) is 35.3 Å². The van der Waals surface area contributed by atoms with Crippen molar-refractivity contribution in [3.05, 3.63) is 59.9 Å². The summed E-state index contributed by atoms with van der Waals surface area (Å²) < 4.78 is 38.8. The zero-order chi connectivity index (χ0) is 22.6. The highest BCUT2D eigenvalue weighted by Crippen LogP contribution is 2.25. The van der Waals surface area contributed by atoms with Crippen LogP contribution < -0.4 is 14.5 Å². The lowest BCUT2D eigenvalue weighted by Crippen LogP contribution is -2.41. The highest BCUT2D eigenvalue weighted by molar-refractivity contribution is 7.92. The molecule has 2 aromatic carbocycles. The summed E-state index contributed by atoms with van der Waals surface area (Å²) in [4.78, 5) is 15.0. The van der Waals surface area contributed by atoms with E-state index in [1.54, 1.807) is 0 Å². The number of carbonyl (C=O) groups excluding carboxylic acids is 1. The molecule has 168 valence electrons. The SMILES string of the molecule is C[C@H]1CCCN(c2ccc([C@H](C)NC(=O)CN(c3cccc(F)c3)S(C)(=O)=O)cc2)C1. The molecule has 1 N–H and O–H groups in total. The maximum Gasteiger partial charge on any atom is 0.241 e. The van der Waals surface area contributed by atoms with Gasteiger partial charge in [-0.2, -0.15) is 0 Å².